The van der Waals surface area contributed by atoms with E-state index < -0.39 is 0 Å². The maximum absolute atomic E-state index is 3.78. The van der Waals surface area contributed by atoms with Gasteiger partial charge in [-0.25, -0.2) is 0 Å². The molecule has 2 aromatic rings. The first kappa shape index (κ1) is 12.8. The molecule has 0 aliphatic rings. The van der Waals surface area contributed by atoms with Crippen LogP contribution in [-0.4, -0.2) is 0 Å². The molecule has 1 unspecified atom stereocenters. The van der Waals surface area contributed by atoms with Gasteiger partial charge in [-0.05, 0) is 42.2 Å². The summed E-state index contributed by atoms with van der Waals surface area (Å²) < 4.78 is 1.13. The molecule has 2 rings (SSSR count). The highest BCUT2D eigenvalue weighted by atomic mass is 79.9. The number of alkyl halides is 1. The topological polar surface area (TPSA) is 0 Å². The molecule has 0 aromatic heterocycles. The molecule has 0 saturated heterocycles. The van der Waals surface area contributed by atoms with Crippen LogP contribution in [0.25, 0.3) is 0 Å². The van der Waals surface area contributed by atoms with E-state index in [4.69, 9.17) is 0 Å². The van der Waals surface area contributed by atoms with E-state index in [2.05, 4.69) is 87.3 Å². The summed E-state index contributed by atoms with van der Waals surface area (Å²) in [6.07, 6.45) is 1.01. The van der Waals surface area contributed by atoms with Gasteiger partial charge in [-0.1, -0.05) is 68.3 Å². The smallest absolute Gasteiger partial charge is 0.0438 e. The van der Waals surface area contributed by atoms with Gasteiger partial charge < -0.3 is 0 Å². The minimum Gasteiger partial charge on any atom is -0.0835 e. The number of hydrogen-bond acceptors (Lipinski definition) is 0. The zero-order valence-electron chi connectivity index (χ0n) is 9.66. The van der Waals surface area contributed by atoms with Crippen LogP contribution >= 0.6 is 31.9 Å². The molecule has 0 nitrogen and oxygen atoms in total. The highest BCUT2D eigenvalue weighted by Crippen LogP contribution is 2.29. The Hall–Kier alpha value is -0.600. The van der Waals surface area contributed by atoms with Crippen LogP contribution in [0.2, 0.25) is 0 Å². The summed E-state index contributed by atoms with van der Waals surface area (Å²) in [5.41, 5.74) is 4.06. The van der Waals surface area contributed by atoms with Crippen LogP contribution in [0.4, 0.5) is 0 Å². The fraction of sp³-hybridized carbons (Fsp3) is 0.200. The van der Waals surface area contributed by atoms with Crippen molar-refractivity contribution in [2.75, 3.05) is 0 Å². The molecular weight excluding hydrogens is 340 g/mol. The number of aryl methyl sites for hydroxylation is 1. The van der Waals surface area contributed by atoms with Gasteiger partial charge in [0.25, 0.3) is 0 Å². The lowest BCUT2D eigenvalue weighted by Gasteiger charge is -2.13. The van der Waals surface area contributed by atoms with E-state index >= 15 is 0 Å². The highest BCUT2D eigenvalue weighted by Gasteiger charge is 2.10. The van der Waals surface area contributed by atoms with E-state index in [1.165, 1.54) is 16.7 Å². The molecule has 0 aliphatic carbocycles. The predicted molar refractivity (Wildman–Crippen MR) is 80.7 cm³/mol. The van der Waals surface area contributed by atoms with Crippen molar-refractivity contribution < 1.29 is 0 Å². The number of benzene rings is 2. The second kappa shape index (κ2) is 5.83. The minimum atomic E-state index is 0.380. The summed E-state index contributed by atoms with van der Waals surface area (Å²) in [5, 5.41) is 0. The third kappa shape index (κ3) is 3.43. The van der Waals surface area contributed by atoms with Gasteiger partial charge in [-0.3, -0.25) is 0 Å². The zero-order chi connectivity index (χ0) is 12.3. The van der Waals surface area contributed by atoms with E-state index in [0.29, 0.717) is 4.83 Å². The fourth-order valence-corrected chi connectivity index (χ4v) is 3.03. The van der Waals surface area contributed by atoms with Crippen molar-refractivity contribution in [2.24, 2.45) is 0 Å². The van der Waals surface area contributed by atoms with Gasteiger partial charge >= 0.3 is 0 Å². The molecule has 0 N–H and O–H groups in total. The minimum absolute atomic E-state index is 0.380. The number of rotatable bonds is 3. The SMILES string of the molecule is Cc1ccccc1C(Br)Cc1ccc(Br)cc1. The van der Waals surface area contributed by atoms with Crippen LogP contribution in [0.3, 0.4) is 0 Å². The molecule has 0 amide bonds. The maximum Gasteiger partial charge on any atom is 0.0438 e. The number of halogens is 2. The largest absolute Gasteiger partial charge is 0.0835 e. The zero-order valence-corrected chi connectivity index (χ0v) is 12.8. The van der Waals surface area contributed by atoms with Crippen LogP contribution in [-0.2, 0) is 6.42 Å². The Morgan fingerprint density at radius 2 is 1.65 bits per heavy atom. The quantitative estimate of drug-likeness (QED) is 0.645. The molecule has 0 fully saturated rings. The Morgan fingerprint density at radius 1 is 1.00 bits per heavy atom. The van der Waals surface area contributed by atoms with Crippen molar-refractivity contribution in [3.63, 3.8) is 0 Å². The molecule has 0 radical (unpaired) electrons. The molecule has 1 atom stereocenters. The van der Waals surface area contributed by atoms with E-state index in [1.54, 1.807) is 0 Å². The van der Waals surface area contributed by atoms with Crippen molar-refractivity contribution in [1.82, 2.24) is 0 Å². The van der Waals surface area contributed by atoms with E-state index in [-0.39, 0.29) is 0 Å². The molecular formula is C15H14Br2. The lowest BCUT2D eigenvalue weighted by atomic mass is 10.0. The summed E-state index contributed by atoms with van der Waals surface area (Å²) in [4.78, 5) is 0.380. The second-order valence-electron chi connectivity index (χ2n) is 4.15. The van der Waals surface area contributed by atoms with Crippen LogP contribution in [0.5, 0.6) is 0 Å². The molecule has 0 bridgehead atoms. The van der Waals surface area contributed by atoms with Gasteiger partial charge in [0.05, 0.1) is 0 Å². The summed E-state index contributed by atoms with van der Waals surface area (Å²) in [6, 6.07) is 17.0. The van der Waals surface area contributed by atoms with Crippen LogP contribution in [0.1, 0.15) is 21.5 Å². The molecule has 17 heavy (non-hydrogen) atoms. The standard InChI is InChI=1S/C15H14Br2/c1-11-4-2-3-5-14(11)15(17)10-12-6-8-13(16)9-7-12/h2-9,15H,10H2,1H3. The van der Waals surface area contributed by atoms with E-state index in [0.717, 1.165) is 10.9 Å². The van der Waals surface area contributed by atoms with Crippen LogP contribution in [0.15, 0.2) is 53.0 Å². The molecule has 2 heteroatoms. The molecule has 0 heterocycles. The Bertz CT molecular complexity index is 489. The molecule has 0 spiro atoms. The van der Waals surface area contributed by atoms with E-state index in [9.17, 15) is 0 Å². The monoisotopic (exact) mass is 352 g/mol. The van der Waals surface area contributed by atoms with Crippen molar-refractivity contribution in [1.29, 1.82) is 0 Å². The predicted octanol–water partition coefficient (Wildman–Crippen LogP) is 5.44. The van der Waals surface area contributed by atoms with Crippen LogP contribution in [0, 0.1) is 6.92 Å². The highest BCUT2D eigenvalue weighted by molar-refractivity contribution is 9.10. The van der Waals surface area contributed by atoms with Gasteiger partial charge in [-0.15, -0.1) is 0 Å². The second-order valence-corrected chi connectivity index (χ2v) is 6.18. The normalized spacial score (nSPS) is 12.4. The van der Waals surface area contributed by atoms with Gasteiger partial charge in [0.1, 0.15) is 0 Å². The van der Waals surface area contributed by atoms with Crippen molar-refractivity contribution in [3.05, 3.63) is 69.7 Å². The first-order valence-electron chi connectivity index (χ1n) is 5.61. The third-order valence-corrected chi connectivity index (χ3v) is 4.20. The third-order valence-electron chi connectivity index (χ3n) is 2.85. The number of hydrogen-bond donors (Lipinski definition) is 0. The summed E-state index contributed by atoms with van der Waals surface area (Å²) in [7, 11) is 0. The molecule has 2 aromatic carbocycles. The average Bonchev–Trinajstić information content (AvgIpc) is 2.32. The first-order valence-corrected chi connectivity index (χ1v) is 7.32. The molecule has 88 valence electrons. The van der Waals surface area contributed by atoms with Gasteiger partial charge in [0.2, 0.25) is 0 Å². The maximum atomic E-state index is 3.78. The van der Waals surface area contributed by atoms with Gasteiger partial charge in [-0.2, -0.15) is 0 Å². The average molecular weight is 354 g/mol. The Morgan fingerprint density at radius 3 is 2.29 bits per heavy atom. The Labute approximate surface area is 119 Å². The first-order chi connectivity index (χ1) is 8.16. The Kier molecular flexibility index (Phi) is 4.41. The van der Waals surface area contributed by atoms with E-state index in [1.807, 2.05) is 0 Å². The Balaban J connectivity index is 2.14. The lowest BCUT2D eigenvalue weighted by molar-refractivity contribution is 0.938. The fourth-order valence-electron chi connectivity index (χ4n) is 1.88. The van der Waals surface area contributed by atoms with Crippen molar-refractivity contribution in [3.8, 4) is 0 Å². The lowest BCUT2D eigenvalue weighted by Crippen LogP contribution is -1.97. The molecule has 0 aliphatic heterocycles. The summed E-state index contributed by atoms with van der Waals surface area (Å²) in [6.45, 7) is 2.16. The summed E-state index contributed by atoms with van der Waals surface area (Å²) >= 11 is 7.24. The van der Waals surface area contributed by atoms with Crippen LogP contribution < -0.4 is 0 Å². The van der Waals surface area contributed by atoms with Crippen molar-refractivity contribution >= 4 is 31.9 Å². The molecule has 0 saturated carbocycles. The van der Waals surface area contributed by atoms with Crippen molar-refractivity contribution in [2.45, 2.75) is 18.2 Å². The van der Waals surface area contributed by atoms with Gasteiger partial charge in [0.15, 0.2) is 0 Å². The summed E-state index contributed by atoms with van der Waals surface area (Å²) in [5.74, 6) is 0. The van der Waals surface area contributed by atoms with Gasteiger partial charge in [0, 0.05) is 9.30 Å².